The lowest BCUT2D eigenvalue weighted by atomic mass is 10.2. The Balaban J connectivity index is 1.18. The van der Waals surface area contributed by atoms with Gasteiger partial charge in [0.1, 0.15) is 5.82 Å². The molecule has 5 rings (SSSR count). The summed E-state index contributed by atoms with van der Waals surface area (Å²) in [4.78, 5) is 21.3. The van der Waals surface area contributed by atoms with Crippen LogP contribution in [0.1, 0.15) is 43.7 Å². The van der Waals surface area contributed by atoms with Crippen molar-refractivity contribution in [3.8, 4) is 11.4 Å². The summed E-state index contributed by atoms with van der Waals surface area (Å²) < 4.78 is 6.63. The highest BCUT2D eigenvalue weighted by molar-refractivity contribution is 5.42. The molecule has 2 atom stereocenters. The third-order valence-corrected chi connectivity index (χ3v) is 5.85. The Morgan fingerprint density at radius 1 is 1.00 bits per heavy atom. The fraction of sp³-hybridized carbons (Fsp3) is 0.409. The third-order valence-electron chi connectivity index (χ3n) is 5.85. The Morgan fingerprint density at radius 3 is 2.52 bits per heavy atom. The fourth-order valence-electron chi connectivity index (χ4n) is 4.00. The van der Waals surface area contributed by atoms with E-state index in [0.717, 1.165) is 30.8 Å². The lowest BCUT2D eigenvalue weighted by Crippen LogP contribution is -2.22. The van der Waals surface area contributed by atoms with Crippen molar-refractivity contribution < 1.29 is 4.74 Å². The summed E-state index contributed by atoms with van der Waals surface area (Å²) in [6.45, 7) is 0. The van der Waals surface area contributed by atoms with E-state index in [2.05, 4.69) is 30.8 Å². The molecule has 3 aromatic rings. The molecular formula is C22H25N7O2. The standard InChI is InChI=1S/C22H25N7O2/c1-31-19-3-2-10-29(21(19)30)17-8-9-20(23-12-17)25-15-6-7-16(11-15)26-22-24-13-18(27-28-22)14-4-5-14/h2-3,8-10,12-16H,4-7,11H2,1H3,(H,23,25)(H,24,26,28)/t15-,16-/m0/s1. The quantitative estimate of drug-likeness (QED) is 0.602. The number of rotatable bonds is 7. The van der Waals surface area contributed by atoms with Gasteiger partial charge in [-0.3, -0.25) is 9.36 Å². The van der Waals surface area contributed by atoms with Gasteiger partial charge in [-0.15, -0.1) is 10.2 Å². The summed E-state index contributed by atoms with van der Waals surface area (Å²) in [6.07, 6.45) is 10.6. The second-order valence-electron chi connectivity index (χ2n) is 8.13. The molecule has 2 fully saturated rings. The first-order valence-corrected chi connectivity index (χ1v) is 10.6. The lowest BCUT2D eigenvalue weighted by molar-refractivity contribution is 0.406. The molecule has 0 spiro atoms. The maximum atomic E-state index is 12.4. The molecule has 0 saturated heterocycles. The maximum absolute atomic E-state index is 12.4. The van der Waals surface area contributed by atoms with E-state index in [0.29, 0.717) is 35.4 Å². The van der Waals surface area contributed by atoms with Gasteiger partial charge >= 0.3 is 0 Å². The Morgan fingerprint density at radius 2 is 1.84 bits per heavy atom. The molecule has 2 N–H and O–H groups in total. The molecule has 2 aliphatic rings. The van der Waals surface area contributed by atoms with Gasteiger partial charge in [0.15, 0.2) is 5.75 Å². The zero-order chi connectivity index (χ0) is 21.2. The SMILES string of the molecule is COc1cccn(-c2ccc(N[C@H]3CC[C@H](Nc4ncc(C5CC5)nn4)C3)nc2)c1=O. The van der Waals surface area contributed by atoms with Gasteiger partial charge < -0.3 is 15.4 Å². The van der Waals surface area contributed by atoms with Crippen molar-refractivity contribution in [2.75, 3.05) is 17.7 Å². The monoisotopic (exact) mass is 419 g/mol. The second kappa shape index (κ2) is 8.33. The molecule has 3 heterocycles. The molecule has 2 saturated carbocycles. The van der Waals surface area contributed by atoms with Gasteiger partial charge in [-0.1, -0.05) is 0 Å². The van der Waals surface area contributed by atoms with E-state index in [1.807, 2.05) is 18.3 Å². The Hall–Kier alpha value is -3.49. The van der Waals surface area contributed by atoms with Crippen LogP contribution in [0.3, 0.4) is 0 Å². The Labute approximate surface area is 179 Å². The van der Waals surface area contributed by atoms with E-state index in [9.17, 15) is 4.79 Å². The molecule has 2 aliphatic carbocycles. The van der Waals surface area contributed by atoms with Crippen molar-refractivity contribution in [3.05, 3.63) is 58.9 Å². The molecule has 9 nitrogen and oxygen atoms in total. The van der Waals surface area contributed by atoms with Gasteiger partial charge in [-0.05, 0) is 56.4 Å². The van der Waals surface area contributed by atoms with Gasteiger partial charge in [0.05, 0.1) is 30.9 Å². The number of aromatic nitrogens is 5. The van der Waals surface area contributed by atoms with Crippen LogP contribution in [0.15, 0.2) is 47.7 Å². The molecule has 0 amide bonds. The number of hydrogen-bond acceptors (Lipinski definition) is 8. The molecule has 0 aliphatic heterocycles. The Bertz CT molecular complexity index is 1090. The highest BCUT2D eigenvalue weighted by Crippen LogP contribution is 2.38. The summed E-state index contributed by atoms with van der Waals surface area (Å²) in [7, 11) is 1.49. The van der Waals surface area contributed by atoms with Gasteiger partial charge in [0.2, 0.25) is 5.95 Å². The average Bonchev–Trinajstić information content (AvgIpc) is 3.56. The van der Waals surface area contributed by atoms with Crippen molar-refractivity contribution in [2.45, 2.75) is 50.1 Å². The summed E-state index contributed by atoms with van der Waals surface area (Å²) in [6, 6.07) is 7.81. The van der Waals surface area contributed by atoms with Crippen molar-refractivity contribution in [2.24, 2.45) is 0 Å². The molecule has 160 valence electrons. The van der Waals surface area contributed by atoms with E-state index in [-0.39, 0.29) is 5.56 Å². The van der Waals surface area contributed by atoms with Crippen LogP contribution in [-0.2, 0) is 0 Å². The number of nitrogens with zero attached hydrogens (tertiary/aromatic N) is 5. The third kappa shape index (κ3) is 4.35. The number of pyridine rings is 2. The van der Waals surface area contributed by atoms with Crippen molar-refractivity contribution in [1.82, 2.24) is 24.7 Å². The Kier molecular flexibility index (Phi) is 5.23. The number of hydrogen-bond donors (Lipinski definition) is 2. The highest BCUT2D eigenvalue weighted by atomic mass is 16.5. The second-order valence-corrected chi connectivity index (χ2v) is 8.13. The zero-order valence-corrected chi connectivity index (χ0v) is 17.4. The van der Waals surface area contributed by atoms with Crippen LogP contribution in [0.2, 0.25) is 0 Å². The van der Waals surface area contributed by atoms with Crippen LogP contribution in [0.4, 0.5) is 11.8 Å². The first kappa shape index (κ1) is 19.5. The molecule has 31 heavy (non-hydrogen) atoms. The molecule has 0 aromatic carbocycles. The highest BCUT2D eigenvalue weighted by Gasteiger charge is 2.27. The number of methoxy groups -OCH3 is 1. The van der Waals surface area contributed by atoms with Crippen LogP contribution in [-0.4, -0.2) is 43.9 Å². The zero-order valence-electron chi connectivity index (χ0n) is 17.4. The van der Waals surface area contributed by atoms with E-state index in [1.165, 1.54) is 24.5 Å². The molecule has 0 bridgehead atoms. The number of nitrogens with one attached hydrogen (secondary N) is 2. The topological polar surface area (TPSA) is 107 Å². The average molecular weight is 419 g/mol. The minimum atomic E-state index is -0.209. The number of anilines is 2. The maximum Gasteiger partial charge on any atom is 0.297 e. The predicted molar refractivity (Wildman–Crippen MR) is 117 cm³/mol. The van der Waals surface area contributed by atoms with Crippen LogP contribution >= 0.6 is 0 Å². The van der Waals surface area contributed by atoms with E-state index in [1.54, 1.807) is 24.5 Å². The largest absolute Gasteiger partial charge is 0.491 e. The predicted octanol–water partition coefficient (Wildman–Crippen LogP) is 2.75. The van der Waals surface area contributed by atoms with Crippen LogP contribution in [0.25, 0.3) is 5.69 Å². The van der Waals surface area contributed by atoms with Crippen molar-refractivity contribution in [1.29, 1.82) is 0 Å². The van der Waals surface area contributed by atoms with Crippen LogP contribution in [0.5, 0.6) is 5.75 Å². The molecule has 0 unspecified atom stereocenters. The molecule has 3 aromatic heterocycles. The summed E-state index contributed by atoms with van der Waals surface area (Å²) >= 11 is 0. The number of ether oxygens (including phenoxy) is 1. The van der Waals surface area contributed by atoms with E-state index < -0.39 is 0 Å². The fourth-order valence-corrected chi connectivity index (χ4v) is 4.00. The smallest absolute Gasteiger partial charge is 0.297 e. The normalized spacial score (nSPS) is 20.4. The summed E-state index contributed by atoms with van der Waals surface area (Å²) in [5.74, 6) is 2.25. The van der Waals surface area contributed by atoms with Gasteiger partial charge in [0.25, 0.3) is 5.56 Å². The lowest BCUT2D eigenvalue weighted by Gasteiger charge is -2.15. The van der Waals surface area contributed by atoms with E-state index in [4.69, 9.17) is 4.74 Å². The first-order chi connectivity index (χ1) is 15.2. The van der Waals surface area contributed by atoms with Gasteiger partial charge in [0, 0.05) is 24.2 Å². The van der Waals surface area contributed by atoms with Crippen LogP contribution < -0.4 is 20.9 Å². The van der Waals surface area contributed by atoms with E-state index >= 15 is 0 Å². The van der Waals surface area contributed by atoms with Gasteiger partial charge in [-0.2, -0.15) is 0 Å². The minimum Gasteiger partial charge on any atom is -0.491 e. The van der Waals surface area contributed by atoms with Gasteiger partial charge in [-0.25, -0.2) is 9.97 Å². The molecular weight excluding hydrogens is 394 g/mol. The minimum absolute atomic E-state index is 0.209. The van der Waals surface area contributed by atoms with Crippen molar-refractivity contribution in [3.63, 3.8) is 0 Å². The van der Waals surface area contributed by atoms with Crippen LogP contribution in [0, 0.1) is 0 Å². The summed E-state index contributed by atoms with van der Waals surface area (Å²) in [5, 5.41) is 15.4. The summed E-state index contributed by atoms with van der Waals surface area (Å²) in [5.41, 5.74) is 1.49. The van der Waals surface area contributed by atoms with Crippen molar-refractivity contribution >= 4 is 11.8 Å². The molecule has 9 heteroatoms. The first-order valence-electron chi connectivity index (χ1n) is 10.6. The molecule has 0 radical (unpaired) electrons.